The third-order valence-electron chi connectivity index (χ3n) is 4.07. The van der Waals surface area contributed by atoms with Crippen LogP contribution in [0.15, 0.2) is 61.2 Å². The molecule has 2 aromatic carbocycles. The molecule has 0 saturated heterocycles. The summed E-state index contributed by atoms with van der Waals surface area (Å²) in [6.45, 7) is 6.37. The van der Waals surface area contributed by atoms with Crippen molar-refractivity contribution in [1.82, 2.24) is 20.1 Å². The Morgan fingerprint density at radius 3 is 2.27 bits per heavy atom. The van der Waals surface area contributed by atoms with Crippen LogP contribution in [-0.4, -0.2) is 32.4 Å². The third-order valence-corrected chi connectivity index (χ3v) is 4.07. The topological polar surface area (TPSA) is 98.1 Å². The second-order valence-corrected chi connectivity index (χ2v) is 7.80. The van der Waals surface area contributed by atoms with E-state index in [-0.39, 0.29) is 5.91 Å². The van der Waals surface area contributed by atoms with Crippen LogP contribution in [-0.2, 0) is 17.8 Å². The van der Waals surface area contributed by atoms with Crippen LogP contribution < -0.4 is 10.6 Å². The molecule has 0 saturated carbocycles. The van der Waals surface area contributed by atoms with Gasteiger partial charge in [0.25, 0.3) is 5.91 Å². The van der Waals surface area contributed by atoms with Crippen LogP contribution in [0.5, 0.6) is 0 Å². The van der Waals surface area contributed by atoms with Gasteiger partial charge in [0.1, 0.15) is 18.3 Å². The highest BCUT2D eigenvalue weighted by Crippen LogP contribution is 2.13. The van der Waals surface area contributed by atoms with E-state index in [0.29, 0.717) is 24.3 Å². The minimum atomic E-state index is -0.541. The van der Waals surface area contributed by atoms with Crippen LogP contribution in [0.25, 0.3) is 0 Å². The van der Waals surface area contributed by atoms with Gasteiger partial charge in [0, 0.05) is 17.8 Å². The fourth-order valence-corrected chi connectivity index (χ4v) is 2.66. The molecule has 0 fully saturated rings. The van der Waals surface area contributed by atoms with Crippen LogP contribution >= 0.6 is 0 Å². The van der Waals surface area contributed by atoms with Crippen LogP contribution in [0.1, 0.15) is 42.3 Å². The monoisotopic (exact) mass is 407 g/mol. The lowest BCUT2D eigenvalue weighted by Gasteiger charge is -2.19. The Hall–Kier alpha value is -3.68. The van der Waals surface area contributed by atoms with E-state index in [4.69, 9.17) is 4.74 Å². The summed E-state index contributed by atoms with van der Waals surface area (Å²) in [6, 6.07) is 14.6. The highest BCUT2D eigenvalue weighted by molar-refractivity contribution is 6.04. The minimum absolute atomic E-state index is 0.203. The molecule has 2 amide bonds. The third kappa shape index (κ3) is 6.44. The number of carbonyl (C=O) groups excluding carboxylic acids is 2. The molecule has 0 aliphatic carbocycles. The molecule has 0 aliphatic heterocycles. The lowest BCUT2D eigenvalue weighted by molar-refractivity contribution is 0.0523. The summed E-state index contributed by atoms with van der Waals surface area (Å²) < 4.78 is 6.93. The van der Waals surface area contributed by atoms with Crippen molar-refractivity contribution < 1.29 is 14.3 Å². The van der Waals surface area contributed by atoms with Gasteiger partial charge in [-0.05, 0) is 56.2 Å². The van der Waals surface area contributed by atoms with Crippen molar-refractivity contribution in [2.75, 3.05) is 5.32 Å². The first-order valence-corrected chi connectivity index (χ1v) is 9.57. The molecule has 1 aromatic heterocycles. The maximum atomic E-state index is 12.5. The van der Waals surface area contributed by atoms with E-state index in [1.165, 1.54) is 6.33 Å². The molecule has 156 valence electrons. The van der Waals surface area contributed by atoms with E-state index in [0.717, 1.165) is 11.1 Å². The van der Waals surface area contributed by atoms with Gasteiger partial charge >= 0.3 is 6.09 Å². The Labute approximate surface area is 175 Å². The Kier molecular flexibility index (Phi) is 6.46. The van der Waals surface area contributed by atoms with Crippen LogP contribution in [0.2, 0.25) is 0 Å². The lowest BCUT2D eigenvalue weighted by Crippen LogP contribution is -2.32. The van der Waals surface area contributed by atoms with Gasteiger partial charge in [0.15, 0.2) is 0 Å². The Morgan fingerprint density at radius 1 is 1.00 bits per heavy atom. The first kappa shape index (κ1) is 21.0. The zero-order chi connectivity index (χ0) is 21.6. The number of carbonyl (C=O) groups is 2. The number of nitrogens with one attached hydrogen (secondary N) is 2. The molecule has 3 rings (SSSR count). The second-order valence-electron chi connectivity index (χ2n) is 7.80. The average molecular weight is 407 g/mol. The summed E-state index contributed by atoms with van der Waals surface area (Å²) in [7, 11) is 0. The van der Waals surface area contributed by atoms with Gasteiger partial charge in [-0.3, -0.25) is 4.79 Å². The predicted molar refractivity (Wildman–Crippen MR) is 113 cm³/mol. The Morgan fingerprint density at radius 2 is 1.67 bits per heavy atom. The molecule has 0 radical (unpaired) electrons. The van der Waals surface area contributed by atoms with Crippen molar-refractivity contribution in [3.05, 3.63) is 77.9 Å². The zero-order valence-electron chi connectivity index (χ0n) is 17.3. The quantitative estimate of drug-likeness (QED) is 0.651. The number of hydrogen-bond donors (Lipinski definition) is 2. The van der Waals surface area contributed by atoms with Gasteiger partial charge in [-0.1, -0.05) is 24.3 Å². The predicted octanol–water partition coefficient (Wildman–Crippen LogP) is 3.60. The molecule has 0 aliphatic rings. The van der Waals surface area contributed by atoms with Gasteiger partial charge in [0.2, 0.25) is 0 Å². The van der Waals surface area contributed by atoms with Gasteiger partial charge < -0.3 is 15.4 Å². The number of alkyl carbamates (subject to hydrolysis) is 1. The molecule has 0 bridgehead atoms. The molecule has 0 spiro atoms. The number of anilines is 1. The Balaban J connectivity index is 1.51. The number of aromatic nitrogens is 3. The highest BCUT2D eigenvalue weighted by Gasteiger charge is 2.15. The van der Waals surface area contributed by atoms with E-state index in [9.17, 15) is 9.59 Å². The molecule has 8 nitrogen and oxygen atoms in total. The van der Waals surface area contributed by atoms with E-state index < -0.39 is 11.7 Å². The molecule has 3 aromatic rings. The van der Waals surface area contributed by atoms with Crippen molar-refractivity contribution in [3.8, 4) is 0 Å². The molecule has 1 heterocycles. The maximum absolute atomic E-state index is 12.5. The fraction of sp³-hybridized carbons (Fsp3) is 0.273. The summed E-state index contributed by atoms with van der Waals surface area (Å²) >= 11 is 0. The van der Waals surface area contributed by atoms with E-state index in [2.05, 4.69) is 20.7 Å². The van der Waals surface area contributed by atoms with E-state index in [1.807, 2.05) is 45.0 Å². The van der Waals surface area contributed by atoms with Crippen molar-refractivity contribution in [2.24, 2.45) is 0 Å². The summed E-state index contributed by atoms with van der Waals surface area (Å²) in [5.74, 6) is -0.203. The largest absolute Gasteiger partial charge is 0.444 e. The number of ether oxygens (including phenoxy) is 1. The van der Waals surface area contributed by atoms with Gasteiger partial charge in [-0.15, -0.1) is 0 Å². The fourth-order valence-electron chi connectivity index (χ4n) is 2.66. The molecule has 0 unspecified atom stereocenters. The molecule has 2 N–H and O–H groups in total. The molecule has 0 atom stereocenters. The average Bonchev–Trinajstić information content (AvgIpc) is 3.20. The summed E-state index contributed by atoms with van der Waals surface area (Å²) in [4.78, 5) is 28.1. The number of hydrogen-bond acceptors (Lipinski definition) is 5. The number of nitrogens with zero attached hydrogens (tertiary/aromatic N) is 3. The van der Waals surface area contributed by atoms with Gasteiger partial charge in [-0.25, -0.2) is 14.5 Å². The number of rotatable bonds is 6. The molecular weight excluding hydrogens is 382 g/mol. The molecular formula is C22H25N5O3. The van der Waals surface area contributed by atoms with Crippen molar-refractivity contribution in [2.45, 2.75) is 39.5 Å². The second kappa shape index (κ2) is 9.21. The smallest absolute Gasteiger partial charge is 0.407 e. The maximum Gasteiger partial charge on any atom is 0.407 e. The SMILES string of the molecule is CC(C)(C)OC(=O)NCc1ccc(C(=O)Nc2ccc(Cn3cncn3)cc2)cc1. The summed E-state index contributed by atoms with van der Waals surface area (Å²) in [5.41, 5.74) is 2.62. The number of amides is 2. The summed E-state index contributed by atoms with van der Waals surface area (Å²) in [6.07, 6.45) is 2.67. The van der Waals surface area contributed by atoms with Gasteiger partial charge in [-0.2, -0.15) is 5.10 Å². The first-order valence-electron chi connectivity index (χ1n) is 9.57. The van der Waals surface area contributed by atoms with Crippen LogP contribution in [0.3, 0.4) is 0 Å². The first-order chi connectivity index (χ1) is 14.3. The lowest BCUT2D eigenvalue weighted by atomic mass is 10.1. The van der Waals surface area contributed by atoms with Gasteiger partial charge in [0.05, 0.1) is 6.54 Å². The van der Waals surface area contributed by atoms with Crippen LogP contribution in [0, 0.1) is 0 Å². The van der Waals surface area contributed by atoms with E-state index in [1.54, 1.807) is 35.3 Å². The number of benzene rings is 2. The Bertz CT molecular complexity index is 975. The highest BCUT2D eigenvalue weighted by atomic mass is 16.6. The van der Waals surface area contributed by atoms with Crippen molar-refractivity contribution in [1.29, 1.82) is 0 Å². The molecule has 8 heteroatoms. The van der Waals surface area contributed by atoms with E-state index >= 15 is 0 Å². The van der Waals surface area contributed by atoms with Crippen molar-refractivity contribution >= 4 is 17.7 Å². The standard InChI is InChI=1S/C22H25N5O3/c1-22(2,3)30-21(29)24-12-16-4-8-18(9-5-16)20(28)26-19-10-6-17(7-11-19)13-27-15-23-14-25-27/h4-11,14-15H,12-13H2,1-3H3,(H,24,29)(H,26,28). The molecule has 30 heavy (non-hydrogen) atoms. The van der Waals surface area contributed by atoms with Crippen molar-refractivity contribution in [3.63, 3.8) is 0 Å². The normalized spacial score (nSPS) is 11.0. The van der Waals surface area contributed by atoms with Crippen LogP contribution in [0.4, 0.5) is 10.5 Å². The zero-order valence-corrected chi connectivity index (χ0v) is 17.3. The summed E-state index contributed by atoms with van der Waals surface area (Å²) in [5, 5.41) is 9.64. The minimum Gasteiger partial charge on any atom is -0.444 e.